The highest BCUT2D eigenvalue weighted by molar-refractivity contribution is 5.82. The number of oxazole rings is 1. The minimum absolute atomic E-state index is 0.255. The summed E-state index contributed by atoms with van der Waals surface area (Å²) >= 11 is 0. The molecule has 4 aromatic rings. The van der Waals surface area contributed by atoms with Crippen LogP contribution in [0.5, 0.6) is 0 Å². The monoisotopic (exact) mass is 343 g/mol. The highest BCUT2D eigenvalue weighted by Gasteiger charge is 2.10. The smallest absolute Gasteiger partial charge is 0.309 e. The van der Waals surface area contributed by atoms with Gasteiger partial charge in [-0.25, -0.2) is 4.98 Å². The first kappa shape index (κ1) is 16.1. The molecule has 0 radical (unpaired) electrons. The number of hydrogen-bond donors (Lipinski definition) is 0. The molecule has 1 aromatic heterocycles. The molecule has 0 atom stereocenters. The normalized spacial score (nSPS) is 10.8. The number of aromatic nitrogens is 1. The van der Waals surface area contributed by atoms with E-state index in [1.54, 1.807) is 0 Å². The van der Waals surface area contributed by atoms with Crippen LogP contribution in [0.3, 0.4) is 0 Å². The van der Waals surface area contributed by atoms with Gasteiger partial charge in [0, 0.05) is 5.56 Å². The van der Waals surface area contributed by atoms with Crippen molar-refractivity contribution in [2.24, 2.45) is 0 Å². The topological polar surface area (TPSA) is 52.3 Å². The standard InChI is InChI=1S/C22H17NO3/c1-25-21(24)13-15-7-9-17(10-8-15)22-23-19-14-18(11-12-20(19)26-22)16-5-3-2-4-6-16/h2-12,14H,13H2,1H3. The van der Waals surface area contributed by atoms with Crippen LogP contribution in [0.25, 0.3) is 33.7 Å². The van der Waals surface area contributed by atoms with Crippen molar-refractivity contribution < 1.29 is 13.9 Å². The average Bonchev–Trinajstić information content (AvgIpc) is 3.12. The van der Waals surface area contributed by atoms with Gasteiger partial charge in [-0.3, -0.25) is 4.79 Å². The van der Waals surface area contributed by atoms with Crippen LogP contribution in [-0.2, 0) is 16.0 Å². The van der Waals surface area contributed by atoms with Crippen molar-refractivity contribution in [1.82, 2.24) is 4.98 Å². The molecule has 26 heavy (non-hydrogen) atoms. The van der Waals surface area contributed by atoms with Crippen LogP contribution in [0.15, 0.2) is 77.2 Å². The van der Waals surface area contributed by atoms with Gasteiger partial charge in [-0.15, -0.1) is 0 Å². The molecular formula is C22H17NO3. The minimum atomic E-state index is -0.256. The summed E-state index contributed by atoms with van der Waals surface area (Å²) in [7, 11) is 1.39. The van der Waals surface area contributed by atoms with Crippen molar-refractivity contribution in [1.29, 1.82) is 0 Å². The largest absolute Gasteiger partial charge is 0.469 e. The third-order valence-corrected chi connectivity index (χ3v) is 4.27. The molecule has 0 amide bonds. The highest BCUT2D eigenvalue weighted by atomic mass is 16.5. The molecule has 128 valence electrons. The van der Waals surface area contributed by atoms with Gasteiger partial charge in [-0.2, -0.15) is 0 Å². The maximum absolute atomic E-state index is 11.3. The number of rotatable bonds is 4. The molecule has 0 N–H and O–H groups in total. The lowest BCUT2D eigenvalue weighted by Gasteiger charge is -2.00. The Hall–Kier alpha value is -3.40. The average molecular weight is 343 g/mol. The fraction of sp³-hybridized carbons (Fsp3) is 0.0909. The fourth-order valence-corrected chi connectivity index (χ4v) is 2.87. The predicted molar refractivity (Wildman–Crippen MR) is 101 cm³/mol. The SMILES string of the molecule is COC(=O)Cc1ccc(-c2nc3cc(-c4ccccc4)ccc3o2)cc1. The molecule has 4 heteroatoms. The number of carbonyl (C=O) groups is 1. The molecule has 0 spiro atoms. The first-order valence-corrected chi connectivity index (χ1v) is 8.35. The number of esters is 1. The second-order valence-electron chi connectivity index (χ2n) is 6.02. The third kappa shape index (κ3) is 3.22. The molecule has 0 fully saturated rings. The van der Waals surface area contributed by atoms with Gasteiger partial charge in [-0.1, -0.05) is 48.5 Å². The number of ether oxygens (including phenoxy) is 1. The summed E-state index contributed by atoms with van der Waals surface area (Å²) in [5, 5.41) is 0. The molecule has 0 aliphatic carbocycles. The number of carbonyl (C=O) groups excluding carboxylic acids is 1. The van der Waals surface area contributed by atoms with Gasteiger partial charge in [0.15, 0.2) is 5.58 Å². The van der Waals surface area contributed by atoms with E-state index >= 15 is 0 Å². The molecular weight excluding hydrogens is 326 g/mol. The van der Waals surface area contributed by atoms with Crippen molar-refractivity contribution in [2.75, 3.05) is 7.11 Å². The van der Waals surface area contributed by atoms with E-state index in [4.69, 9.17) is 4.42 Å². The molecule has 1 heterocycles. The van der Waals surface area contributed by atoms with Crippen LogP contribution < -0.4 is 0 Å². The van der Waals surface area contributed by atoms with Gasteiger partial charge in [0.25, 0.3) is 0 Å². The van der Waals surface area contributed by atoms with Crippen LogP contribution >= 0.6 is 0 Å². The van der Waals surface area contributed by atoms with E-state index in [-0.39, 0.29) is 12.4 Å². The molecule has 0 saturated carbocycles. The van der Waals surface area contributed by atoms with Gasteiger partial charge >= 0.3 is 5.97 Å². The molecule has 0 aliphatic rings. The summed E-state index contributed by atoms with van der Waals surface area (Å²) < 4.78 is 10.6. The van der Waals surface area contributed by atoms with Crippen LogP contribution in [-0.4, -0.2) is 18.1 Å². The van der Waals surface area contributed by atoms with Crippen molar-refractivity contribution in [3.8, 4) is 22.6 Å². The van der Waals surface area contributed by atoms with Crippen molar-refractivity contribution >= 4 is 17.1 Å². The lowest BCUT2D eigenvalue weighted by Crippen LogP contribution is -2.04. The maximum atomic E-state index is 11.3. The zero-order chi connectivity index (χ0) is 17.9. The van der Waals surface area contributed by atoms with Crippen LogP contribution in [0.1, 0.15) is 5.56 Å². The van der Waals surface area contributed by atoms with Crippen LogP contribution in [0.2, 0.25) is 0 Å². The first-order chi connectivity index (χ1) is 12.7. The Kier molecular flexibility index (Phi) is 4.23. The lowest BCUT2D eigenvalue weighted by atomic mass is 10.1. The minimum Gasteiger partial charge on any atom is -0.469 e. The van der Waals surface area contributed by atoms with E-state index in [0.29, 0.717) is 5.89 Å². The summed E-state index contributed by atoms with van der Waals surface area (Å²) in [6.07, 6.45) is 0.255. The number of fused-ring (bicyclic) bond motifs is 1. The number of hydrogen-bond acceptors (Lipinski definition) is 4. The fourth-order valence-electron chi connectivity index (χ4n) is 2.87. The van der Waals surface area contributed by atoms with Gasteiger partial charge in [0.05, 0.1) is 13.5 Å². The zero-order valence-corrected chi connectivity index (χ0v) is 14.3. The van der Waals surface area contributed by atoms with E-state index in [9.17, 15) is 4.79 Å². The van der Waals surface area contributed by atoms with E-state index in [0.717, 1.165) is 33.4 Å². The van der Waals surface area contributed by atoms with Gasteiger partial charge in [0.1, 0.15) is 5.52 Å². The summed E-state index contributed by atoms with van der Waals surface area (Å²) in [6, 6.07) is 23.8. The Morgan fingerprint density at radius 1 is 0.923 bits per heavy atom. The number of benzene rings is 3. The first-order valence-electron chi connectivity index (χ1n) is 8.35. The summed E-state index contributed by atoms with van der Waals surface area (Å²) in [4.78, 5) is 16.0. The Balaban J connectivity index is 1.64. The molecule has 0 aliphatic heterocycles. The van der Waals surface area contributed by atoms with E-state index in [1.165, 1.54) is 7.11 Å². The van der Waals surface area contributed by atoms with Crippen molar-refractivity contribution in [2.45, 2.75) is 6.42 Å². The number of nitrogens with zero attached hydrogens (tertiary/aromatic N) is 1. The summed E-state index contributed by atoms with van der Waals surface area (Å²) in [5.41, 5.74) is 5.58. The van der Waals surface area contributed by atoms with E-state index in [2.05, 4.69) is 21.9 Å². The quantitative estimate of drug-likeness (QED) is 0.496. The zero-order valence-electron chi connectivity index (χ0n) is 14.3. The predicted octanol–water partition coefficient (Wildman–Crippen LogP) is 4.88. The third-order valence-electron chi connectivity index (χ3n) is 4.27. The second kappa shape index (κ2) is 6.84. The molecule has 4 rings (SSSR count). The highest BCUT2D eigenvalue weighted by Crippen LogP contribution is 2.28. The molecule has 3 aromatic carbocycles. The van der Waals surface area contributed by atoms with Crippen molar-refractivity contribution in [3.63, 3.8) is 0 Å². The molecule has 0 bridgehead atoms. The Morgan fingerprint density at radius 2 is 1.65 bits per heavy atom. The van der Waals surface area contributed by atoms with Gasteiger partial charge < -0.3 is 9.15 Å². The summed E-state index contributed by atoms with van der Waals surface area (Å²) in [5.74, 6) is 0.308. The molecule has 0 unspecified atom stereocenters. The van der Waals surface area contributed by atoms with E-state index in [1.807, 2.05) is 60.7 Å². The molecule has 4 nitrogen and oxygen atoms in total. The second-order valence-corrected chi connectivity index (χ2v) is 6.02. The lowest BCUT2D eigenvalue weighted by molar-refractivity contribution is -0.139. The van der Waals surface area contributed by atoms with Crippen LogP contribution in [0.4, 0.5) is 0 Å². The van der Waals surface area contributed by atoms with Gasteiger partial charge in [0.2, 0.25) is 5.89 Å². The maximum Gasteiger partial charge on any atom is 0.309 e. The Morgan fingerprint density at radius 3 is 2.38 bits per heavy atom. The van der Waals surface area contributed by atoms with Crippen molar-refractivity contribution in [3.05, 3.63) is 78.4 Å². The molecule has 0 saturated heterocycles. The Labute approximate surface area is 151 Å². The Bertz CT molecular complexity index is 1050. The summed E-state index contributed by atoms with van der Waals surface area (Å²) in [6.45, 7) is 0. The van der Waals surface area contributed by atoms with Gasteiger partial charge in [-0.05, 0) is 41.0 Å². The number of methoxy groups -OCH3 is 1. The van der Waals surface area contributed by atoms with Crippen LogP contribution in [0, 0.1) is 0 Å². The van der Waals surface area contributed by atoms with E-state index < -0.39 is 0 Å².